The minimum Gasteiger partial charge on any atom is -0.349 e. The molecule has 1 N–H and O–H groups in total. The van der Waals surface area contributed by atoms with Gasteiger partial charge in [-0.1, -0.05) is 13.8 Å². The Labute approximate surface area is 145 Å². The molecule has 5 rings (SSSR count). The molecule has 4 saturated carbocycles. The Morgan fingerprint density at radius 3 is 2.17 bits per heavy atom. The first-order chi connectivity index (χ1) is 10.8. The lowest BCUT2D eigenvalue weighted by atomic mass is 9.40. The highest BCUT2D eigenvalue weighted by Crippen LogP contribution is 2.69. The van der Waals surface area contributed by atoms with Crippen LogP contribution in [-0.4, -0.2) is 29.0 Å². The van der Waals surface area contributed by atoms with Crippen LogP contribution in [0.1, 0.15) is 71.6 Å². The van der Waals surface area contributed by atoms with Gasteiger partial charge in [0.1, 0.15) is 0 Å². The van der Waals surface area contributed by atoms with Crippen LogP contribution < -0.4 is 5.32 Å². The summed E-state index contributed by atoms with van der Waals surface area (Å²) in [7, 11) is 0. The average Bonchev–Trinajstić information content (AvgIpc) is 2.44. The van der Waals surface area contributed by atoms with Gasteiger partial charge < -0.3 is 10.2 Å². The van der Waals surface area contributed by atoms with Crippen LogP contribution in [0.2, 0.25) is 0 Å². The summed E-state index contributed by atoms with van der Waals surface area (Å²) in [5.41, 5.74) is 0.596. The van der Waals surface area contributed by atoms with Gasteiger partial charge in [-0.3, -0.25) is 4.79 Å². The summed E-state index contributed by atoms with van der Waals surface area (Å²) >= 11 is 5.55. The SMILES string of the molecule is C[C@]12CC3CC(C(=O)NC(=S)N4CCCCC4)(C1)C[C@](C)(C3)C2. The van der Waals surface area contributed by atoms with Crippen LogP contribution in [0.5, 0.6) is 0 Å². The van der Waals surface area contributed by atoms with Crippen molar-refractivity contribution in [3.8, 4) is 0 Å². The fourth-order valence-corrected chi connectivity index (χ4v) is 7.38. The molecule has 4 bridgehead atoms. The number of likely N-dealkylation sites (tertiary alicyclic amines) is 1. The van der Waals surface area contributed by atoms with Gasteiger partial charge in [0.2, 0.25) is 5.91 Å². The van der Waals surface area contributed by atoms with E-state index in [1.807, 2.05) is 0 Å². The Morgan fingerprint density at radius 2 is 1.61 bits per heavy atom. The number of carbonyl (C=O) groups excluding carboxylic acids is 1. The lowest BCUT2D eigenvalue weighted by molar-refractivity contribution is -0.168. The van der Waals surface area contributed by atoms with Gasteiger partial charge in [0.25, 0.3) is 0 Å². The molecule has 0 unspecified atom stereocenters. The number of hydrogen-bond donors (Lipinski definition) is 1. The van der Waals surface area contributed by atoms with E-state index >= 15 is 0 Å². The van der Waals surface area contributed by atoms with E-state index in [1.54, 1.807) is 0 Å². The summed E-state index contributed by atoms with van der Waals surface area (Å²) < 4.78 is 0. The fourth-order valence-electron chi connectivity index (χ4n) is 7.11. The Hall–Kier alpha value is -0.640. The summed E-state index contributed by atoms with van der Waals surface area (Å²) in [6.07, 6.45) is 10.9. The average molecular weight is 335 g/mol. The third-order valence-corrected chi connectivity index (χ3v) is 7.33. The minimum atomic E-state index is -0.150. The van der Waals surface area contributed by atoms with E-state index in [0.717, 1.165) is 38.3 Å². The van der Waals surface area contributed by atoms with Crippen molar-refractivity contribution < 1.29 is 4.79 Å². The molecule has 4 heteroatoms. The van der Waals surface area contributed by atoms with Crippen molar-refractivity contribution in [3.63, 3.8) is 0 Å². The van der Waals surface area contributed by atoms with E-state index in [9.17, 15) is 4.79 Å². The first-order valence-electron chi connectivity index (χ1n) is 9.42. The maximum Gasteiger partial charge on any atom is 0.232 e. The van der Waals surface area contributed by atoms with Gasteiger partial charge in [-0.2, -0.15) is 0 Å². The Balaban J connectivity index is 1.50. The molecule has 0 aromatic rings. The van der Waals surface area contributed by atoms with Gasteiger partial charge in [-0.25, -0.2) is 0 Å². The highest BCUT2D eigenvalue weighted by atomic mass is 32.1. The van der Waals surface area contributed by atoms with Crippen LogP contribution >= 0.6 is 12.2 Å². The number of amides is 1. The summed E-state index contributed by atoms with van der Waals surface area (Å²) in [4.78, 5) is 15.4. The maximum absolute atomic E-state index is 13.2. The number of rotatable bonds is 1. The molecule has 5 aliphatic rings. The van der Waals surface area contributed by atoms with Crippen molar-refractivity contribution in [1.29, 1.82) is 0 Å². The molecule has 128 valence electrons. The topological polar surface area (TPSA) is 32.3 Å². The lowest BCUT2D eigenvalue weighted by Crippen LogP contribution is -2.61. The molecule has 4 aliphatic carbocycles. The predicted molar refractivity (Wildman–Crippen MR) is 96.0 cm³/mol. The van der Waals surface area contributed by atoms with E-state index in [1.165, 1.54) is 38.5 Å². The smallest absolute Gasteiger partial charge is 0.232 e. The number of nitrogens with one attached hydrogen (secondary N) is 1. The van der Waals surface area contributed by atoms with Gasteiger partial charge in [0.15, 0.2) is 5.11 Å². The Morgan fingerprint density at radius 1 is 1.00 bits per heavy atom. The van der Waals surface area contributed by atoms with Crippen LogP contribution in [-0.2, 0) is 4.79 Å². The molecular formula is C19H30N2OS. The van der Waals surface area contributed by atoms with Crippen LogP contribution in [0.3, 0.4) is 0 Å². The molecule has 0 aromatic heterocycles. The normalized spacial score (nSPS) is 45.1. The van der Waals surface area contributed by atoms with E-state index in [2.05, 4.69) is 24.1 Å². The standard InChI is InChI=1S/C19H30N2OS/c1-17-8-14-9-18(2,11-17)13-19(10-14,12-17)15(22)20-16(23)21-6-4-3-5-7-21/h14H,3-13H2,1-2H3,(H,20,22,23)/t14?,17-,18-,19?/m1/s1. The third kappa shape index (κ3) is 2.71. The molecule has 1 saturated heterocycles. The zero-order chi connectivity index (χ0) is 16.3. The Bertz CT molecular complexity index is 521. The third-order valence-electron chi connectivity index (χ3n) is 6.97. The summed E-state index contributed by atoms with van der Waals surface area (Å²) in [5.74, 6) is 0.977. The van der Waals surface area contributed by atoms with Gasteiger partial charge in [-0.15, -0.1) is 0 Å². The van der Waals surface area contributed by atoms with Crippen LogP contribution in [0.15, 0.2) is 0 Å². The fraction of sp³-hybridized carbons (Fsp3) is 0.895. The van der Waals surface area contributed by atoms with E-state index in [4.69, 9.17) is 12.2 Å². The number of hydrogen-bond acceptors (Lipinski definition) is 2. The van der Waals surface area contributed by atoms with E-state index < -0.39 is 0 Å². The van der Waals surface area contributed by atoms with Crippen molar-refractivity contribution in [3.05, 3.63) is 0 Å². The first kappa shape index (κ1) is 15.9. The van der Waals surface area contributed by atoms with Crippen molar-refractivity contribution >= 4 is 23.2 Å². The van der Waals surface area contributed by atoms with Crippen LogP contribution in [0.4, 0.5) is 0 Å². The molecule has 1 aliphatic heterocycles. The van der Waals surface area contributed by atoms with Crippen molar-refractivity contribution in [1.82, 2.24) is 10.2 Å². The maximum atomic E-state index is 13.2. The van der Waals surface area contributed by atoms with Crippen molar-refractivity contribution in [2.45, 2.75) is 71.6 Å². The van der Waals surface area contributed by atoms with E-state index in [0.29, 0.717) is 15.9 Å². The van der Waals surface area contributed by atoms with E-state index in [-0.39, 0.29) is 11.3 Å². The minimum absolute atomic E-state index is 0.150. The van der Waals surface area contributed by atoms with Crippen molar-refractivity contribution in [2.75, 3.05) is 13.1 Å². The lowest BCUT2D eigenvalue weighted by Gasteiger charge is -2.64. The molecule has 0 aromatic carbocycles. The van der Waals surface area contributed by atoms with Gasteiger partial charge in [-0.05, 0) is 86.8 Å². The second-order valence-electron chi connectivity index (χ2n) is 9.72. The highest BCUT2D eigenvalue weighted by Gasteiger charge is 2.62. The molecule has 1 amide bonds. The summed E-state index contributed by atoms with van der Waals surface area (Å²) in [6.45, 7) is 6.84. The zero-order valence-corrected chi connectivity index (χ0v) is 15.4. The Kier molecular flexibility index (Phi) is 3.57. The first-order valence-corrected chi connectivity index (χ1v) is 9.83. The quantitative estimate of drug-likeness (QED) is 0.739. The predicted octanol–water partition coefficient (Wildman–Crippen LogP) is 3.87. The molecule has 3 nitrogen and oxygen atoms in total. The second kappa shape index (κ2) is 5.18. The largest absolute Gasteiger partial charge is 0.349 e. The number of piperidine rings is 1. The molecule has 1 heterocycles. The van der Waals surface area contributed by atoms with Crippen molar-refractivity contribution in [2.24, 2.45) is 22.2 Å². The van der Waals surface area contributed by atoms with Gasteiger partial charge >= 0.3 is 0 Å². The molecule has 5 fully saturated rings. The number of thiocarbonyl (C=S) groups is 1. The highest BCUT2D eigenvalue weighted by molar-refractivity contribution is 7.80. The summed E-state index contributed by atoms with van der Waals surface area (Å²) in [6, 6.07) is 0. The second-order valence-corrected chi connectivity index (χ2v) is 10.1. The molecule has 0 radical (unpaired) electrons. The van der Waals surface area contributed by atoms with Gasteiger partial charge in [0.05, 0.1) is 5.41 Å². The number of carbonyl (C=O) groups is 1. The molecule has 0 spiro atoms. The number of nitrogens with zero attached hydrogens (tertiary/aromatic N) is 1. The summed E-state index contributed by atoms with van der Waals surface area (Å²) in [5, 5.41) is 3.84. The molecule has 2 atom stereocenters. The van der Waals surface area contributed by atoms with Crippen LogP contribution in [0, 0.1) is 22.2 Å². The zero-order valence-electron chi connectivity index (χ0n) is 14.6. The van der Waals surface area contributed by atoms with Gasteiger partial charge in [0, 0.05) is 13.1 Å². The monoisotopic (exact) mass is 334 g/mol. The van der Waals surface area contributed by atoms with Crippen LogP contribution in [0.25, 0.3) is 0 Å². The molecule has 23 heavy (non-hydrogen) atoms. The molecular weight excluding hydrogens is 304 g/mol.